The highest BCUT2D eigenvalue weighted by Gasteiger charge is 2.43. The summed E-state index contributed by atoms with van der Waals surface area (Å²) in [5.41, 5.74) is 2.29. The Morgan fingerprint density at radius 2 is 0.917 bits per heavy atom. The highest BCUT2D eigenvalue weighted by atomic mass is 28.3. The fourth-order valence-corrected chi connectivity index (χ4v) is 6.47. The summed E-state index contributed by atoms with van der Waals surface area (Å²) in [6.45, 7) is 15.2. The third kappa shape index (κ3) is 2.22. The molecule has 0 bridgehead atoms. The highest BCUT2D eigenvalue weighted by molar-refractivity contribution is 6.80. The van der Waals surface area contributed by atoms with Crippen molar-refractivity contribution >= 4 is 16.1 Å². The van der Waals surface area contributed by atoms with Crippen LogP contribution >= 0.6 is 0 Å². The molecule has 0 nitrogen and oxygen atoms in total. The maximum Gasteiger partial charge on any atom is 0.0473 e. The van der Waals surface area contributed by atoms with Crippen LogP contribution < -0.4 is 0 Å². The van der Waals surface area contributed by atoms with Crippen LogP contribution in [0.1, 0.15) is 12.8 Å². The fourth-order valence-electron chi connectivity index (χ4n) is 2.03. The molecule has 0 aromatic rings. The van der Waals surface area contributed by atoms with E-state index in [4.69, 9.17) is 0 Å². The number of hydrogen-bond donors (Lipinski definition) is 0. The predicted molar refractivity (Wildman–Crippen MR) is 63.4 cm³/mol. The van der Waals surface area contributed by atoms with Gasteiger partial charge in [0, 0.05) is 16.1 Å². The maximum atomic E-state index is 2.53. The minimum Gasteiger partial charge on any atom is -0.0693 e. The van der Waals surface area contributed by atoms with Crippen LogP contribution in [0, 0.1) is 0 Å². The van der Waals surface area contributed by atoms with Crippen molar-refractivity contribution < 1.29 is 0 Å². The summed E-state index contributed by atoms with van der Waals surface area (Å²) < 4.78 is 0. The van der Waals surface area contributed by atoms with Crippen LogP contribution in [0.15, 0.2) is 0 Å². The van der Waals surface area contributed by atoms with Gasteiger partial charge in [-0.15, -0.1) is 0 Å². The fraction of sp³-hybridized carbons (Fsp3) is 1.00. The van der Waals surface area contributed by atoms with Crippen molar-refractivity contribution in [1.29, 1.82) is 0 Å². The Labute approximate surface area is 79.8 Å². The Morgan fingerprint density at radius 1 is 0.667 bits per heavy atom. The third-order valence-corrected chi connectivity index (χ3v) is 9.43. The molecule has 1 rings (SSSR count). The summed E-state index contributed by atoms with van der Waals surface area (Å²) in [6.07, 6.45) is 3.15. The Morgan fingerprint density at radius 3 is 1.08 bits per heavy atom. The van der Waals surface area contributed by atoms with Crippen molar-refractivity contribution in [2.75, 3.05) is 0 Å². The molecule has 72 valence electrons. The first kappa shape index (κ1) is 10.5. The van der Waals surface area contributed by atoms with E-state index >= 15 is 0 Å². The molecular formula is C10H24Si2. The molecule has 0 aliphatic heterocycles. The third-order valence-electron chi connectivity index (χ3n) is 3.59. The standard InChI is InChI=1S/C10H24Si2/c1-11(2,3)9-7-10(8-9)12(4,5)6/h9-10H,7-8H2,1-6H3. The van der Waals surface area contributed by atoms with E-state index in [1.165, 1.54) is 0 Å². The summed E-state index contributed by atoms with van der Waals surface area (Å²) in [6, 6.07) is 0. The first-order valence-electron chi connectivity index (χ1n) is 5.21. The average Bonchev–Trinajstić information content (AvgIpc) is 1.46. The summed E-state index contributed by atoms with van der Waals surface area (Å²) in [5, 5.41) is 0. The van der Waals surface area contributed by atoms with Gasteiger partial charge in [-0.2, -0.15) is 0 Å². The zero-order valence-electron chi connectivity index (χ0n) is 9.57. The van der Waals surface area contributed by atoms with Crippen molar-refractivity contribution in [2.24, 2.45) is 0 Å². The molecule has 0 aromatic carbocycles. The Kier molecular flexibility index (Phi) is 2.61. The highest BCUT2D eigenvalue weighted by Crippen LogP contribution is 2.53. The van der Waals surface area contributed by atoms with Gasteiger partial charge in [-0.25, -0.2) is 0 Å². The molecule has 0 radical (unpaired) electrons. The van der Waals surface area contributed by atoms with Gasteiger partial charge in [0.2, 0.25) is 0 Å². The van der Waals surface area contributed by atoms with Gasteiger partial charge in [-0.3, -0.25) is 0 Å². The second-order valence-electron chi connectivity index (χ2n) is 6.60. The second-order valence-corrected chi connectivity index (χ2v) is 17.7. The van der Waals surface area contributed by atoms with E-state index in [2.05, 4.69) is 39.3 Å². The lowest BCUT2D eigenvalue weighted by Crippen LogP contribution is -2.43. The summed E-state index contributed by atoms with van der Waals surface area (Å²) in [4.78, 5) is 0. The van der Waals surface area contributed by atoms with Gasteiger partial charge >= 0.3 is 0 Å². The van der Waals surface area contributed by atoms with Gasteiger partial charge in [0.05, 0.1) is 0 Å². The monoisotopic (exact) mass is 200 g/mol. The molecule has 0 aromatic heterocycles. The first-order valence-corrected chi connectivity index (χ1v) is 12.4. The van der Waals surface area contributed by atoms with Gasteiger partial charge in [0.25, 0.3) is 0 Å². The summed E-state index contributed by atoms with van der Waals surface area (Å²) in [5.74, 6) is 0. The van der Waals surface area contributed by atoms with Crippen molar-refractivity contribution in [1.82, 2.24) is 0 Å². The van der Waals surface area contributed by atoms with Crippen LogP contribution in [0.5, 0.6) is 0 Å². The largest absolute Gasteiger partial charge is 0.0693 e. The maximum absolute atomic E-state index is 2.53. The lowest BCUT2D eigenvalue weighted by molar-refractivity contribution is 0.472. The van der Waals surface area contributed by atoms with Crippen LogP contribution in [0.3, 0.4) is 0 Å². The van der Waals surface area contributed by atoms with E-state index in [0.29, 0.717) is 0 Å². The minimum atomic E-state index is -0.772. The zero-order valence-corrected chi connectivity index (χ0v) is 11.6. The minimum absolute atomic E-state index is 0.772. The van der Waals surface area contributed by atoms with E-state index in [0.717, 1.165) is 11.1 Å². The topological polar surface area (TPSA) is 0 Å². The molecule has 1 aliphatic carbocycles. The lowest BCUT2D eigenvalue weighted by Gasteiger charge is -2.48. The van der Waals surface area contributed by atoms with Crippen molar-refractivity contribution in [3.63, 3.8) is 0 Å². The summed E-state index contributed by atoms with van der Waals surface area (Å²) >= 11 is 0. The average molecular weight is 200 g/mol. The predicted octanol–water partition coefficient (Wildman–Crippen LogP) is 4.20. The van der Waals surface area contributed by atoms with Crippen LogP contribution in [0.25, 0.3) is 0 Å². The first-order chi connectivity index (χ1) is 5.21. The second kappa shape index (κ2) is 2.98. The molecule has 12 heavy (non-hydrogen) atoms. The molecule has 0 saturated heterocycles. The van der Waals surface area contributed by atoms with Crippen LogP contribution in [-0.2, 0) is 0 Å². The van der Waals surface area contributed by atoms with Gasteiger partial charge in [-0.1, -0.05) is 52.1 Å². The molecule has 1 fully saturated rings. The summed E-state index contributed by atoms with van der Waals surface area (Å²) in [7, 11) is -1.54. The molecule has 1 aliphatic rings. The Bertz CT molecular complexity index is 138. The van der Waals surface area contributed by atoms with Crippen LogP contribution in [0.2, 0.25) is 50.4 Å². The van der Waals surface area contributed by atoms with E-state index in [1.54, 1.807) is 12.8 Å². The molecule has 0 unspecified atom stereocenters. The van der Waals surface area contributed by atoms with Crippen molar-refractivity contribution in [3.05, 3.63) is 0 Å². The molecule has 0 atom stereocenters. The SMILES string of the molecule is C[Si](C)(C)C1CC([Si](C)(C)C)C1. The van der Waals surface area contributed by atoms with Crippen LogP contribution in [-0.4, -0.2) is 16.1 Å². The molecule has 0 amide bonds. The van der Waals surface area contributed by atoms with Gasteiger partial charge in [-0.05, 0) is 11.1 Å². The van der Waals surface area contributed by atoms with E-state index in [9.17, 15) is 0 Å². The van der Waals surface area contributed by atoms with Crippen molar-refractivity contribution in [3.8, 4) is 0 Å². The van der Waals surface area contributed by atoms with Crippen molar-refractivity contribution in [2.45, 2.75) is 63.2 Å². The molecule has 1 saturated carbocycles. The van der Waals surface area contributed by atoms with E-state index < -0.39 is 16.1 Å². The Balaban J connectivity index is 2.39. The molecule has 0 N–H and O–H groups in total. The quantitative estimate of drug-likeness (QED) is 0.586. The smallest absolute Gasteiger partial charge is 0.0473 e. The number of hydrogen-bond acceptors (Lipinski definition) is 0. The molecule has 0 spiro atoms. The number of rotatable bonds is 2. The molecular weight excluding hydrogens is 176 g/mol. The van der Waals surface area contributed by atoms with Gasteiger partial charge in [0.1, 0.15) is 0 Å². The van der Waals surface area contributed by atoms with Gasteiger partial charge in [0.15, 0.2) is 0 Å². The van der Waals surface area contributed by atoms with E-state index in [1.807, 2.05) is 0 Å². The van der Waals surface area contributed by atoms with E-state index in [-0.39, 0.29) is 0 Å². The molecule has 0 heterocycles. The van der Waals surface area contributed by atoms with Crippen LogP contribution in [0.4, 0.5) is 0 Å². The lowest BCUT2D eigenvalue weighted by atomic mass is 9.98. The van der Waals surface area contributed by atoms with Gasteiger partial charge < -0.3 is 0 Å². The zero-order chi connectivity index (χ0) is 9.57. The Hall–Kier alpha value is 0.434. The normalized spacial score (nSPS) is 31.5. The molecule has 2 heteroatoms.